The molecule has 1 heteroatoms. The second-order valence-electron chi connectivity index (χ2n) is 12.7. The van der Waals surface area contributed by atoms with Gasteiger partial charge >= 0.3 is 0 Å². The SMILES string of the molecule is CC(C)[C@@H](C)CC[C@@H](C)[C@@H]1CC[C@@H]2C3=CC[C@H]4C[C@H](O)CC[C@]4(C)[C@H]3CC[C@@]21C. The van der Waals surface area contributed by atoms with Crippen molar-refractivity contribution in [3.63, 3.8) is 0 Å². The van der Waals surface area contributed by atoms with Gasteiger partial charge in [0.2, 0.25) is 0 Å². The van der Waals surface area contributed by atoms with E-state index in [0.29, 0.717) is 10.8 Å². The summed E-state index contributed by atoms with van der Waals surface area (Å²) in [6.45, 7) is 15.1. The van der Waals surface area contributed by atoms with E-state index in [1.54, 1.807) is 0 Å². The Kier molecular flexibility index (Phi) is 6.04. The van der Waals surface area contributed by atoms with Crippen molar-refractivity contribution in [2.24, 2.45) is 52.3 Å². The predicted octanol–water partition coefficient (Wildman–Crippen LogP) is 7.63. The summed E-state index contributed by atoms with van der Waals surface area (Å²) >= 11 is 0. The molecule has 29 heavy (non-hydrogen) atoms. The highest BCUT2D eigenvalue weighted by molar-refractivity contribution is 5.27. The second kappa shape index (κ2) is 7.99. The van der Waals surface area contributed by atoms with Crippen LogP contribution >= 0.6 is 0 Å². The van der Waals surface area contributed by atoms with Crippen molar-refractivity contribution in [3.8, 4) is 0 Å². The summed E-state index contributed by atoms with van der Waals surface area (Å²) < 4.78 is 0. The molecule has 3 saturated carbocycles. The molecule has 0 aromatic heterocycles. The van der Waals surface area contributed by atoms with Crippen LogP contribution in [0.5, 0.6) is 0 Å². The Bertz CT molecular complexity index is 620. The Labute approximate surface area is 181 Å². The molecule has 0 heterocycles. The molecule has 4 rings (SSSR count). The van der Waals surface area contributed by atoms with E-state index in [4.69, 9.17) is 0 Å². The van der Waals surface area contributed by atoms with Gasteiger partial charge in [-0.05, 0) is 104 Å². The first-order chi connectivity index (χ1) is 13.7. The van der Waals surface area contributed by atoms with Crippen molar-refractivity contribution < 1.29 is 5.11 Å². The Morgan fingerprint density at radius 1 is 0.931 bits per heavy atom. The zero-order valence-electron chi connectivity index (χ0n) is 20.2. The Morgan fingerprint density at radius 3 is 2.34 bits per heavy atom. The molecule has 0 unspecified atom stereocenters. The number of fused-ring (bicyclic) bond motifs is 5. The van der Waals surface area contributed by atoms with E-state index >= 15 is 0 Å². The molecule has 0 bridgehead atoms. The molecule has 0 aliphatic heterocycles. The van der Waals surface area contributed by atoms with Crippen molar-refractivity contribution >= 4 is 0 Å². The van der Waals surface area contributed by atoms with Gasteiger partial charge in [0.15, 0.2) is 0 Å². The van der Waals surface area contributed by atoms with Crippen molar-refractivity contribution in [3.05, 3.63) is 11.6 Å². The highest BCUT2D eigenvalue weighted by Crippen LogP contribution is 2.67. The first kappa shape index (κ1) is 21.9. The molecule has 3 fully saturated rings. The third kappa shape index (κ3) is 3.66. The summed E-state index contributed by atoms with van der Waals surface area (Å²) in [5, 5.41) is 10.2. The van der Waals surface area contributed by atoms with Crippen LogP contribution < -0.4 is 0 Å². The summed E-state index contributed by atoms with van der Waals surface area (Å²) in [4.78, 5) is 0. The van der Waals surface area contributed by atoms with Crippen molar-refractivity contribution in [1.82, 2.24) is 0 Å². The van der Waals surface area contributed by atoms with Gasteiger partial charge in [-0.25, -0.2) is 0 Å². The summed E-state index contributed by atoms with van der Waals surface area (Å²) in [5.41, 5.74) is 2.88. The molecule has 1 nitrogen and oxygen atoms in total. The maximum Gasteiger partial charge on any atom is 0.0543 e. The molecule has 0 radical (unpaired) electrons. The smallest absolute Gasteiger partial charge is 0.0543 e. The number of hydrogen-bond acceptors (Lipinski definition) is 1. The zero-order chi connectivity index (χ0) is 21.0. The molecule has 0 amide bonds. The molecule has 1 N–H and O–H groups in total. The molecule has 0 aromatic carbocycles. The van der Waals surface area contributed by atoms with Crippen LogP contribution in [0.25, 0.3) is 0 Å². The van der Waals surface area contributed by atoms with E-state index in [1.165, 1.54) is 51.4 Å². The lowest BCUT2D eigenvalue weighted by molar-refractivity contribution is -0.0428. The van der Waals surface area contributed by atoms with Gasteiger partial charge in [-0.2, -0.15) is 0 Å². The number of aliphatic hydroxyl groups is 1. The normalized spacial score (nSPS) is 46.5. The van der Waals surface area contributed by atoms with Gasteiger partial charge in [-0.1, -0.05) is 66.0 Å². The molecule has 166 valence electrons. The van der Waals surface area contributed by atoms with Crippen LogP contribution in [0.15, 0.2) is 11.6 Å². The van der Waals surface area contributed by atoms with E-state index in [0.717, 1.165) is 54.3 Å². The minimum absolute atomic E-state index is 0.0400. The van der Waals surface area contributed by atoms with E-state index in [9.17, 15) is 5.11 Å². The molecular weight excluding hydrogens is 352 g/mol. The topological polar surface area (TPSA) is 20.2 Å². The van der Waals surface area contributed by atoms with Gasteiger partial charge in [-0.15, -0.1) is 0 Å². The second-order valence-corrected chi connectivity index (χ2v) is 12.7. The maximum absolute atomic E-state index is 10.2. The summed E-state index contributed by atoms with van der Waals surface area (Å²) in [5.74, 6) is 5.85. The molecule has 0 aromatic rings. The Balaban J connectivity index is 1.50. The molecule has 0 spiro atoms. The fourth-order valence-corrected chi connectivity index (χ4v) is 8.53. The lowest BCUT2D eigenvalue weighted by atomic mass is 9.47. The van der Waals surface area contributed by atoms with Gasteiger partial charge in [0.1, 0.15) is 0 Å². The fraction of sp³-hybridized carbons (Fsp3) is 0.929. The number of aliphatic hydroxyl groups excluding tert-OH is 1. The average Bonchev–Trinajstić information content (AvgIpc) is 3.03. The molecule has 9 atom stereocenters. The van der Waals surface area contributed by atoms with Gasteiger partial charge in [0.25, 0.3) is 0 Å². The highest BCUT2D eigenvalue weighted by Gasteiger charge is 2.58. The summed E-state index contributed by atoms with van der Waals surface area (Å²) in [6, 6.07) is 0. The summed E-state index contributed by atoms with van der Waals surface area (Å²) in [7, 11) is 0. The van der Waals surface area contributed by atoms with Crippen LogP contribution in [-0.2, 0) is 0 Å². The van der Waals surface area contributed by atoms with E-state index in [2.05, 4.69) is 47.6 Å². The monoisotopic (exact) mass is 400 g/mol. The predicted molar refractivity (Wildman–Crippen MR) is 124 cm³/mol. The van der Waals surface area contributed by atoms with Crippen molar-refractivity contribution in [2.45, 2.75) is 112 Å². The average molecular weight is 401 g/mol. The largest absolute Gasteiger partial charge is 0.393 e. The van der Waals surface area contributed by atoms with Crippen LogP contribution in [0.2, 0.25) is 0 Å². The third-order valence-electron chi connectivity index (χ3n) is 11.0. The van der Waals surface area contributed by atoms with Gasteiger partial charge in [-0.3, -0.25) is 0 Å². The standard InChI is InChI=1S/C28H48O/c1-18(2)19(3)7-8-20(4)24-11-12-25-23-10-9-21-17-22(29)13-15-27(21,5)26(23)14-16-28(24,25)6/h10,18-22,24-26,29H,7-9,11-17H2,1-6H3/t19-,20+,21-,22+,24-,25+,26-,27-,28+/m0/s1. The van der Waals surface area contributed by atoms with Crippen LogP contribution in [0.4, 0.5) is 0 Å². The maximum atomic E-state index is 10.2. The first-order valence-corrected chi connectivity index (χ1v) is 13.0. The van der Waals surface area contributed by atoms with Crippen LogP contribution in [0.1, 0.15) is 106 Å². The minimum atomic E-state index is -0.0400. The lowest BCUT2D eigenvalue weighted by Gasteiger charge is -2.57. The lowest BCUT2D eigenvalue weighted by Crippen LogP contribution is -2.49. The minimum Gasteiger partial charge on any atom is -0.393 e. The van der Waals surface area contributed by atoms with Gasteiger partial charge in [0, 0.05) is 0 Å². The molecule has 4 aliphatic carbocycles. The Hall–Kier alpha value is -0.300. The highest BCUT2D eigenvalue weighted by atomic mass is 16.3. The number of rotatable bonds is 5. The first-order valence-electron chi connectivity index (χ1n) is 13.0. The van der Waals surface area contributed by atoms with Crippen LogP contribution in [0.3, 0.4) is 0 Å². The zero-order valence-corrected chi connectivity index (χ0v) is 20.2. The van der Waals surface area contributed by atoms with Crippen molar-refractivity contribution in [2.75, 3.05) is 0 Å². The number of hydrogen-bond donors (Lipinski definition) is 1. The van der Waals surface area contributed by atoms with Gasteiger partial charge in [0.05, 0.1) is 6.10 Å². The molecule has 0 saturated heterocycles. The van der Waals surface area contributed by atoms with E-state index in [1.807, 2.05) is 5.57 Å². The molecular formula is C28H48O. The fourth-order valence-electron chi connectivity index (χ4n) is 8.53. The van der Waals surface area contributed by atoms with Crippen LogP contribution in [0, 0.1) is 52.3 Å². The van der Waals surface area contributed by atoms with Crippen LogP contribution in [-0.4, -0.2) is 11.2 Å². The quantitative estimate of drug-likeness (QED) is 0.470. The van der Waals surface area contributed by atoms with Gasteiger partial charge < -0.3 is 5.11 Å². The Morgan fingerprint density at radius 2 is 1.62 bits per heavy atom. The molecule has 4 aliphatic rings. The van der Waals surface area contributed by atoms with E-state index in [-0.39, 0.29) is 6.10 Å². The third-order valence-corrected chi connectivity index (χ3v) is 11.0. The number of allylic oxidation sites excluding steroid dienone is 2. The van der Waals surface area contributed by atoms with Crippen molar-refractivity contribution in [1.29, 1.82) is 0 Å². The summed E-state index contributed by atoms with van der Waals surface area (Å²) in [6.07, 6.45) is 15.8. The van der Waals surface area contributed by atoms with E-state index < -0.39 is 0 Å².